The zero-order chi connectivity index (χ0) is 9.40. The molecule has 1 atom stereocenters. The Morgan fingerprint density at radius 1 is 1.58 bits per heavy atom. The van der Waals surface area contributed by atoms with Gasteiger partial charge >= 0.3 is 9.28 Å². The van der Waals surface area contributed by atoms with Crippen molar-refractivity contribution in [2.75, 3.05) is 13.1 Å². The lowest BCUT2D eigenvalue weighted by Gasteiger charge is -2.14. The summed E-state index contributed by atoms with van der Waals surface area (Å²) < 4.78 is 0. The van der Waals surface area contributed by atoms with Crippen LogP contribution in [0.5, 0.6) is 0 Å². The third-order valence-corrected chi connectivity index (χ3v) is 3.43. The Bertz CT molecular complexity index is 120. The zero-order valence-electron chi connectivity index (χ0n) is 7.66. The summed E-state index contributed by atoms with van der Waals surface area (Å²) in [6.45, 7) is 7.17. The molecule has 0 aliphatic heterocycles. The molecule has 3 nitrogen and oxygen atoms in total. The lowest BCUT2D eigenvalue weighted by Crippen LogP contribution is -2.30. The molecule has 72 valence electrons. The van der Waals surface area contributed by atoms with Gasteiger partial charge in [0.1, 0.15) is 0 Å². The summed E-state index contributed by atoms with van der Waals surface area (Å²) in [5, 5.41) is 3.16. The van der Waals surface area contributed by atoms with Gasteiger partial charge in [-0.1, -0.05) is 19.4 Å². The highest BCUT2D eigenvalue weighted by Gasteiger charge is 2.16. The molecule has 0 saturated heterocycles. The minimum absolute atomic E-state index is 0.0785. The van der Waals surface area contributed by atoms with E-state index < -0.39 is 9.28 Å². The topological polar surface area (TPSA) is 52.5 Å². The van der Waals surface area contributed by atoms with E-state index in [2.05, 4.69) is 11.9 Å². The Kier molecular flexibility index (Phi) is 7.38. The summed E-state index contributed by atoms with van der Waals surface area (Å²) in [4.78, 5) is 18.0. The minimum atomic E-state index is -2.43. The Morgan fingerprint density at radius 2 is 2.25 bits per heavy atom. The van der Waals surface area contributed by atoms with E-state index in [-0.39, 0.29) is 5.54 Å². The standard InChI is InChI=1S/C8H19NO2Si/c1-3-5-6-9-7-8(4-2)12(10)11/h3,8-12H,1,4-7H2,2H3. The number of hydrogen-bond acceptors (Lipinski definition) is 3. The van der Waals surface area contributed by atoms with Crippen molar-refractivity contribution in [2.24, 2.45) is 0 Å². The van der Waals surface area contributed by atoms with Crippen molar-refractivity contribution < 1.29 is 9.59 Å². The molecule has 0 aromatic carbocycles. The van der Waals surface area contributed by atoms with Crippen LogP contribution in [0.15, 0.2) is 12.7 Å². The van der Waals surface area contributed by atoms with Crippen LogP contribution < -0.4 is 5.32 Å². The Balaban J connectivity index is 3.38. The molecule has 0 heterocycles. The average Bonchev–Trinajstić information content (AvgIpc) is 2.04. The molecular weight excluding hydrogens is 170 g/mol. The van der Waals surface area contributed by atoms with Gasteiger partial charge in [-0.3, -0.25) is 0 Å². The molecule has 0 bridgehead atoms. The predicted molar refractivity (Wildman–Crippen MR) is 53.3 cm³/mol. The number of rotatable bonds is 7. The summed E-state index contributed by atoms with van der Waals surface area (Å²) >= 11 is 0. The lowest BCUT2D eigenvalue weighted by atomic mass is 10.3. The highest BCUT2D eigenvalue weighted by Crippen LogP contribution is 2.09. The summed E-state index contributed by atoms with van der Waals surface area (Å²) in [6.07, 6.45) is 3.62. The van der Waals surface area contributed by atoms with Gasteiger partial charge < -0.3 is 14.9 Å². The molecule has 0 aliphatic carbocycles. The highest BCUT2D eigenvalue weighted by atomic mass is 28.3. The smallest absolute Gasteiger partial charge is 0.320 e. The minimum Gasteiger partial charge on any atom is -0.413 e. The van der Waals surface area contributed by atoms with Crippen LogP contribution >= 0.6 is 0 Å². The van der Waals surface area contributed by atoms with E-state index in [1.54, 1.807) is 0 Å². The summed E-state index contributed by atoms with van der Waals surface area (Å²) in [5.74, 6) is 0. The predicted octanol–water partition coefficient (Wildman–Crippen LogP) is 0.137. The molecule has 0 saturated carbocycles. The molecule has 12 heavy (non-hydrogen) atoms. The fourth-order valence-corrected chi connectivity index (χ4v) is 1.75. The fraction of sp³-hybridized carbons (Fsp3) is 0.750. The van der Waals surface area contributed by atoms with E-state index in [0.717, 1.165) is 19.4 Å². The second-order valence-corrected chi connectivity index (χ2v) is 4.63. The van der Waals surface area contributed by atoms with Crippen LogP contribution in [0.3, 0.4) is 0 Å². The monoisotopic (exact) mass is 189 g/mol. The van der Waals surface area contributed by atoms with Gasteiger partial charge in [-0.25, -0.2) is 0 Å². The number of hydrogen-bond donors (Lipinski definition) is 3. The molecule has 4 heteroatoms. The maximum atomic E-state index is 9.00. The van der Waals surface area contributed by atoms with E-state index >= 15 is 0 Å². The number of nitrogens with one attached hydrogen (secondary N) is 1. The Hall–Kier alpha value is -0.163. The maximum Gasteiger partial charge on any atom is 0.320 e. The molecule has 3 N–H and O–H groups in total. The van der Waals surface area contributed by atoms with Crippen molar-refractivity contribution in [3.63, 3.8) is 0 Å². The van der Waals surface area contributed by atoms with Gasteiger partial charge in [-0.05, 0) is 19.5 Å². The molecule has 0 aliphatic rings. The first-order valence-electron chi connectivity index (χ1n) is 4.40. The fourth-order valence-electron chi connectivity index (χ4n) is 0.952. The van der Waals surface area contributed by atoms with Crippen molar-refractivity contribution in [1.29, 1.82) is 0 Å². The maximum absolute atomic E-state index is 9.00. The van der Waals surface area contributed by atoms with E-state index in [1.807, 2.05) is 13.0 Å². The summed E-state index contributed by atoms with van der Waals surface area (Å²) in [5.41, 5.74) is 0.0785. The molecule has 0 fully saturated rings. The molecule has 0 spiro atoms. The van der Waals surface area contributed by atoms with Crippen molar-refractivity contribution in [2.45, 2.75) is 25.3 Å². The van der Waals surface area contributed by atoms with Gasteiger partial charge in [0, 0.05) is 5.54 Å². The van der Waals surface area contributed by atoms with Crippen LogP contribution in [0.1, 0.15) is 19.8 Å². The third kappa shape index (κ3) is 5.48. The first-order chi connectivity index (χ1) is 5.72. The van der Waals surface area contributed by atoms with Crippen LogP contribution in [0.25, 0.3) is 0 Å². The van der Waals surface area contributed by atoms with E-state index in [9.17, 15) is 0 Å². The van der Waals surface area contributed by atoms with Gasteiger partial charge in [-0.15, -0.1) is 6.58 Å². The van der Waals surface area contributed by atoms with Crippen LogP contribution in [0.4, 0.5) is 0 Å². The van der Waals surface area contributed by atoms with E-state index in [0.29, 0.717) is 6.54 Å². The normalized spacial score (nSPS) is 13.3. The molecule has 0 rings (SSSR count). The first kappa shape index (κ1) is 11.8. The molecule has 0 amide bonds. The van der Waals surface area contributed by atoms with Gasteiger partial charge in [0.15, 0.2) is 0 Å². The second kappa shape index (κ2) is 7.48. The zero-order valence-corrected chi connectivity index (χ0v) is 8.82. The molecule has 0 aromatic rings. The SMILES string of the molecule is C=CCCNCC(CC)[SiH](O)O. The van der Waals surface area contributed by atoms with Crippen molar-refractivity contribution >= 4 is 9.28 Å². The van der Waals surface area contributed by atoms with E-state index in [4.69, 9.17) is 9.59 Å². The van der Waals surface area contributed by atoms with Crippen LogP contribution in [0, 0.1) is 0 Å². The largest absolute Gasteiger partial charge is 0.413 e. The molecular formula is C8H19NO2Si. The molecule has 0 aromatic heterocycles. The quantitative estimate of drug-likeness (QED) is 0.303. The first-order valence-corrected chi connectivity index (χ1v) is 6.10. The average molecular weight is 189 g/mol. The van der Waals surface area contributed by atoms with Gasteiger partial charge in [0.05, 0.1) is 0 Å². The van der Waals surface area contributed by atoms with Gasteiger partial charge in [0.25, 0.3) is 0 Å². The highest BCUT2D eigenvalue weighted by molar-refractivity contribution is 6.43. The third-order valence-electron chi connectivity index (χ3n) is 1.88. The molecule has 1 unspecified atom stereocenters. The van der Waals surface area contributed by atoms with Crippen LogP contribution in [0.2, 0.25) is 5.54 Å². The van der Waals surface area contributed by atoms with Gasteiger partial charge in [0.2, 0.25) is 0 Å². The van der Waals surface area contributed by atoms with Crippen molar-refractivity contribution in [3.05, 3.63) is 12.7 Å². The van der Waals surface area contributed by atoms with Gasteiger partial charge in [-0.2, -0.15) is 0 Å². The molecule has 0 radical (unpaired) electrons. The van der Waals surface area contributed by atoms with Crippen LogP contribution in [-0.4, -0.2) is 32.0 Å². The Labute approximate surface area is 76.0 Å². The summed E-state index contributed by atoms with van der Waals surface area (Å²) in [6, 6.07) is 0. The Morgan fingerprint density at radius 3 is 2.67 bits per heavy atom. The summed E-state index contributed by atoms with van der Waals surface area (Å²) in [7, 11) is -2.43. The second-order valence-electron chi connectivity index (χ2n) is 2.86. The van der Waals surface area contributed by atoms with E-state index in [1.165, 1.54) is 0 Å². The van der Waals surface area contributed by atoms with Crippen molar-refractivity contribution in [1.82, 2.24) is 5.32 Å². The van der Waals surface area contributed by atoms with Crippen molar-refractivity contribution in [3.8, 4) is 0 Å². The lowest BCUT2D eigenvalue weighted by molar-refractivity contribution is 0.376. The van der Waals surface area contributed by atoms with Crippen LogP contribution in [-0.2, 0) is 0 Å².